The maximum Gasteiger partial charge on any atom is 0.262 e. The van der Waals surface area contributed by atoms with E-state index in [1.54, 1.807) is 36.4 Å². The first-order valence-electron chi connectivity index (χ1n) is 11.3. The molecule has 0 spiro atoms. The second-order valence-corrected chi connectivity index (χ2v) is 10.0. The van der Waals surface area contributed by atoms with E-state index in [2.05, 4.69) is 10.6 Å². The minimum Gasteiger partial charge on any atom is -0.490 e. The second kappa shape index (κ2) is 12.3. The van der Waals surface area contributed by atoms with Crippen LogP contribution in [0, 0.1) is 0 Å². The van der Waals surface area contributed by atoms with Gasteiger partial charge in [-0.2, -0.15) is 0 Å². The zero-order valence-corrected chi connectivity index (χ0v) is 21.0. The number of benzene rings is 3. The lowest BCUT2D eigenvalue weighted by molar-refractivity contribution is -0.118. The molecule has 0 atom stereocenters. The van der Waals surface area contributed by atoms with Gasteiger partial charge in [0.25, 0.3) is 5.91 Å². The summed E-state index contributed by atoms with van der Waals surface area (Å²) in [6.45, 7) is 3.04. The van der Waals surface area contributed by atoms with Gasteiger partial charge in [0, 0.05) is 32.9 Å². The largest absolute Gasteiger partial charge is 0.490 e. The van der Waals surface area contributed by atoms with Gasteiger partial charge in [0.05, 0.1) is 11.5 Å². The molecule has 3 rings (SSSR count). The van der Waals surface area contributed by atoms with Crippen molar-refractivity contribution >= 4 is 21.6 Å². The number of rotatable bonds is 12. The summed E-state index contributed by atoms with van der Waals surface area (Å²) < 4.78 is 37.8. The summed E-state index contributed by atoms with van der Waals surface area (Å²) in [5, 5.41) is 6.07. The smallest absolute Gasteiger partial charge is 0.262 e. The number of hydrogen-bond donors (Lipinski definition) is 2. The number of nitrogens with one attached hydrogen (secondary N) is 2. The molecule has 0 saturated heterocycles. The van der Waals surface area contributed by atoms with Crippen LogP contribution < -0.4 is 20.1 Å². The standard InChI is InChI=1S/C26H31N3O5S/c1-4-33-24-16-20(14-15-23(24)34-19-26(30)28-22-11-6-5-7-12-22)17-27-18-21-10-8-9-13-25(21)35(31,32)29(2)3/h5-16,27H,4,17-19H2,1-3H3,(H,28,30). The van der Waals surface area contributed by atoms with E-state index in [1.807, 2.05) is 43.3 Å². The Morgan fingerprint density at radius 1 is 0.886 bits per heavy atom. The van der Waals surface area contributed by atoms with Gasteiger partial charge in [0.1, 0.15) is 0 Å². The molecule has 0 aliphatic carbocycles. The van der Waals surface area contributed by atoms with Gasteiger partial charge in [-0.15, -0.1) is 0 Å². The fourth-order valence-corrected chi connectivity index (χ4v) is 4.47. The molecule has 0 radical (unpaired) electrons. The number of hydrogen-bond acceptors (Lipinski definition) is 6. The van der Waals surface area contributed by atoms with Crippen molar-refractivity contribution < 1.29 is 22.7 Å². The van der Waals surface area contributed by atoms with E-state index in [0.717, 1.165) is 5.56 Å². The molecule has 0 aromatic heterocycles. The van der Waals surface area contributed by atoms with Gasteiger partial charge in [-0.25, -0.2) is 12.7 Å². The summed E-state index contributed by atoms with van der Waals surface area (Å²) in [4.78, 5) is 12.5. The molecule has 9 heteroatoms. The Bertz CT molecular complexity index is 1230. The van der Waals surface area contributed by atoms with Crippen molar-refractivity contribution in [2.24, 2.45) is 0 Å². The van der Waals surface area contributed by atoms with Gasteiger partial charge in [-0.05, 0) is 48.4 Å². The summed E-state index contributed by atoms with van der Waals surface area (Å²) in [6, 6.07) is 21.6. The molecule has 1 amide bonds. The number of ether oxygens (including phenoxy) is 2. The van der Waals surface area contributed by atoms with E-state index in [9.17, 15) is 13.2 Å². The van der Waals surface area contributed by atoms with Crippen LogP contribution in [0.15, 0.2) is 77.7 Å². The maximum atomic E-state index is 12.6. The highest BCUT2D eigenvalue weighted by Gasteiger charge is 2.20. The van der Waals surface area contributed by atoms with Gasteiger partial charge >= 0.3 is 0 Å². The predicted octanol–water partition coefficient (Wildman–Crippen LogP) is 3.64. The molecule has 0 saturated carbocycles. The Balaban J connectivity index is 1.62. The van der Waals surface area contributed by atoms with Gasteiger partial charge in [0.15, 0.2) is 18.1 Å². The van der Waals surface area contributed by atoms with Crippen molar-refractivity contribution in [3.63, 3.8) is 0 Å². The highest BCUT2D eigenvalue weighted by Crippen LogP contribution is 2.29. The number of sulfonamides is 1. The lowest BCUT2D eigenvalue weighted by atomic mass is 10.2. The van der Waals surface area contributed by atoms with E-state index in [-0.39, 0.29) is 17.4 Å². The van der Waals surface area contributed by atoms with E-state index in [0.29, 0.717) is 42.4 Å². The lowest BCUT2D eigenvalue weighted by Gasteiger charge is -2.16. The van der Waals surface area contributed by atoms with Crippen molar-refractivity contribution in [3.8, 4) is 11.5 Å². The van der Waals surface area contributed by atoms with Crippen LogP contribution >= 0.6 is 0 Å². The minimum absolute atomic E-state index is 0.149. The first kappa shape index (κ1) is 26.2. The SMILES string of the molecule is CCOc1cc(CNCc2ccccc2S(=O)(=O)N(C)C)ccc1OCC(=O)Nc1ccccc1. The molecular weight excluding hydrogens is 466 g/mol. The van der Waals surface area contributed by atoms with Gasteiger partial charge in [0.2, 0.25) is 10.0 Å². The highest BCUT2D eigenvalue weighted by molar-refractivity contribution is 7.89. The van der Waals surface area contributed by atoms with Crippen LogP contribution in [-0.2, 0) is 27.9 Å². The molecule has 186 valence electrons. The number of nitrogens with zero attached hydrogens (tertiary/aromatic N) is 1. The fourth-order valence-electron chi connectivity index (χ4n) is 3.35. The average molecular weight is 498 g/mol. The lowest BCUT2D eigenvalue weighted by Crippen LogP contribution is -2.24. The molecule has 8 nitrogen and oxygen atoms in total. The molecule has 0 aliphatic heterocycles. The third-order valence-corrected chi connectivity index (χ3v) is 7.02. The summed E-state index contributed by atoms with van der Waals surface area (Å²) in [5.74, 6) is 0.742. The second-order valence-electron chi connectivity index (χ2n) is 7.92. The van der Waals surface area contributed by atoms with Crippen molar-refractivity contribution in [1.29, 1.82) is 0 Å². The molecule has 0 bridgehead atoms. The van der Waals surface area contributed by atoms with E-state index >= 15 is 0 Å². The van der Waals surface area contributed by atoms with Crippen molar-refractivity contribution in [2.45, 2.75) is 24.9 Å². The van der Waals surface area contributed by atoms with Crippen LogP contribution in [0.5, 0.6) is 11.5 Å². The summed E-state index contributed by atoms with van der Waals surface area (Å²) in [5.41, 5.74) is 2.32. The number of carbonyl (C=O) groups is 1. The van der Waals surface area contributed by atoms with Crippen LogP contribution in [0.4, 0.5) is 5.69 Å². The first-order chi connectivity index (χ1) is 16.8. The number of anilines is 1. The van der Waals surface area contributed by atoms with Crippen LogP contribution in [0.2, 0.25) is 0 Å². The number of amides is 1. The van der Waals surface area contributed by atoms with E-state index < -0.39 is 10.0 Å². The van der Waals surface area contributed by atoms with Gasteiger partial charge in [-0.3, -0.25) is 4.79 Å². The van der Waals surface area contributed by atoms with Gasteiger partial charge in [-0.1, -0.05) is 42.5 Å². The van der Waals surface area contributed by atoms with Crippen LogP contribution in [0.1, 0.15) is 18.1 Å². The normalized spacial score (nSPS) is 11.3. The van der Waals surface area contributed by atoms with Crippen molar-refractivity contribution in [3.05, 3.63) is 83.9 Å². The van der Waals surface area contributed by atoms with E-state index in [4.69, 9.17) is 9.47 Å². The summed E-state index contributed by atoms with van der Waals surface area (Å²) >= 11 is 0. The first-order valence-corrected chi connectivity index (χ1v) is 12.7. The van der Waals surface area contributed by atoms with Gasteiger partial charge < -0.3 is 20.1 Å². The maximum absolute atomic E-state index is 12.6. The molecule has 3 aromatic rings. The van der Waals surface area contributed by atoms with Crippen LogP contribution in [0.3, 0.4) is 0 Å². The number of para-hydroxylation sites is 1. The quantitative estimate of drug-likeness (QED) is 0.397. The molecule has 0 unspecified atom stereocenters. The van der Waals surface area contributed by atoms with Crippen molar-refractivity contribution in [1.82, 2.24) is 9.62 Å². The minimum atomic E-state index is -3.53. The average Bonchev–Trinajstić information content (AvgIpc) is 2.84. The zero-order valence-electron chi connectivity index (χ0n) is 20.2. The monoisotopic (exact) mass is 497 g/mol. The molecular formula is C26H31N3O5S. The third-order valence-electron chi connectivity index (χ3n) is 5.10. The molecule has 2 N–H and O–H groups in total. The van der Waals surface area contributed by atoms with Crippen LogP contribution in [0.25, 0.3) is 0 Å². The molecule has 0 fully saturated rings. The third kappa shape index (κ3) is 7.29. The Labute approximate surface area is 206 Å². The van der Waals surface area contributed by atoms with Crippen molar-refractivity contribution in [2.75, 3.05) is 32.6 Å². The summed E-state index contributed by atoms with van der Waals surface area (Å²) in [7, 11) is -0.496. The Hall–Kier alpha value is -3.40. The predicted molar refractivity (Wildman–Crippen MR) is 136 cm³/mol. The topological polar surface area (TPSA) is 97.0 Å². The molecule has 0 heterocycles. The summed E-state index contributed by atoms with van der Waals surface area (Å²) in [6.07, 6.45) is 0. The highest BCUT2D eigenvalue weighted by atomic mass is 32.2. The Morgan fingerprint density at radius 2 is 1.60 bits per heavy atom. The fraction of sp³-hybridized carbons (Fsp3) is 0.269. The van der Waals surface area contributed by atoms with E-state index in [1.165, 1.54) is 18.4 Å². The Kier molecular flexibility index (Phi) is 9.25. The zero-order chi connectivity index (χ0) is 25.3. The molecule has 0 aliphatic rings. The molecule has 3 aromatic carbocycles. The van der Waals surface area contributed by atoms with Crippen LogP contribution in [-0.4, -0.2) is 45.9 Å². The Morgan fingerprint density at radius 3 is 2.31 bits per heavy atom. The number of carbonyl (C=O) groups excluding carboxylic acids is 1. The molecule has 35 heavy (non-hydrogen) atoms.